The first-order chi connectivity index (χ1) is 13.0. The molecule has 0 saturated heterocycles. The number of H-pyrrole nitrogens is 1. The molecule has 0 aromatic carbocycles. The standard InChI is InChI=1S/C16H16IN7O2S/c17-12-6-9(23(8-18)27(25,26)10-1-2-10)5-11(12)16-22-21-14-7-20-15-13(24(14)16)3-4-19-15/h3-4,7,9-12,19H,1-2,5-6H2/t9-,11+,12-/m1/s1. The minimum Gasteiger partial charge on any atom is -0.345 e. The monoisotopic (exact) mass is 497 g/mol. The van der Waals surface area contributed by atoms with Crippen molar-refractivity contribution >= 4 is 49.4 Å². The minimum absolute atomic E-state index is 0.0105. The number of nitrogens with one attached hydrogen (secondary N) is 1. The average molecular weight is 497 g/mol. The third kappa shape index (κ3) is 2.60. The summed E-state index contributed by atoms with van der Waals surface area (Å²) in [5.74, 6) is 0.803. The highest BCUT2D eigenvalue weighted by Gasteiger charge is 2.47. The Hall–Kier alpha value is -1.94. The highest BCUT2D eigenvalue weighted by molar-refractivity contribution is 14.1. The number of hydrogen-bond donors (Lipinski definition) is 1. The van der Waals surface area contributed by atoms with Crippen LogP contribution in [0.1, 0.15) is 37.4 Å². The van der Waals surface area contributed by atoms with E-state index < -0.39 is 10.0 Å². The van der Waals surface area contributed by atoms with E-state index in [1.807, 2.05) is 22.9 Å². The summed E-state index contributed by atoms with van der Waals surface area (Å²) in [6, 6.07) is 1.60. The van der Waals surface area contributed by atoms with Crippen molar-refractivity contribution in [1.82, 2.24) is 28.9 Å². The molecule has 0 bridgehead atoms. The molecule has 3 atom stereocenters. The molecular formula is C16H16IN7O2S. The van der Waals surface area contributed by atoms with Crippen LogP contribution in [-0.4, -0.2) is 52.5 Å². The molecule has 27 heavy (non-hydrogen) atoms. The molecule has 140 valence electrons. The second-order valence-corrected chi connectivity index (χ2v) is 10.8. The van der Waals surface area contributed by atoms with Crippen molar-refractivity contribution in [3.05, 3.63) is 24.3 Å². The van der Waals surface area contributed by atoms with Crippen LogP contribution in [-0.2, 0) is 10.0 Å². The maximum absolute atomic E-state index is 12.6. The number of aromatic nitrogens is 5. The van der Waals surface area contributed by atoms with Crippen LogP contribution in [0.3, 0.4) is 0 Å². The molecule has 11 heteroatoms. The number of sulfonamides is 1. The molecule has 5 rings (SSSR count). The topological polar surface area (TPSA) is 120 Å². The minimum atomic E-state index is -3.53. The molecule has 1 N–H and O–H groups in total. The molecule has 0 unspecified atom stereocenters. The molecule has 3 aromatic heterocycles. The van der Waals surface area contributed by atoms with Crippen molar-refractivity contribution in [2.24, 2.45) is 0 Å². The zero-order valence-electron chi connectivity index (χ0n) is 14.2. The first-order valence-electron chi connectivity index (χ1n) is 8.75. The Morgan fingerprint density at radius 2 is 2.15 bits per heavy atom. The lowest BCUT2D eigenvalue weighted by atomic mass is 10.1. The van der Waals surface area contributed by atoms with Gasteiger partial charge in [-0.1, -0.05) is 22.6 Å². The number of fused-ring (bicyclic) bond motifs is 3. The smallest absolute Gasteiger partial charge is 0.246 e. The number of nitrogens with zero attached hydrogens (tertiary/aromatic N) is 6. The summed E-state index contributed by atoms with van der Waals surface area (Å²) in [5.41, 5.74) is 2.30. The van der Waals surface area contributed by atoms with E-state index in [0.29, 0.717) is 31.3 Å². The molecule has 9 nitrogen and oxygen atoms in total. The van der Waals surface area contributed by atoms with Gasteiger partial charge in [0, 0.05) is 16.0 Å². The Morgan fingerprint density at radius 1 is 1.33 bits per heavy atom. The number of aromatic amines is 1. The van der Waals surface area contributed by atoms with Crippen LogP contribution in [0.4, 0.5) is 0 Å². The molecule has 2 aliphatic rings. The van der Waals surface area contributed by atoms with E-state index in [2.05, 4.69) is 42.8 Å². The van der Waals surface area contributed by atoms with Crippen molar-refractivity contribution in [1.29, 1.82) is 5.26 Å². The Kier molecular flexibility index (Phi) is 3.84. The van der Waals surface area contributed by atoms with Crippen molar-refractivity contribution in [2.45, 2.75) is 46.8 Å². The molecule has 0 spiro atoms. The predicted molar refractivity (Wildman–Crippen MR) is 106 cm³/mol. The fraction of sp³-hybridized carbons (Fsp3) is 0.500. The summed E-state index contributed by atoms with van der Waals surface area (Å²) in [6.07, 6.45) is 7.91. The lowest BCUT2D eigenvalue weighted by Crippen LogP contribution is -2.37. The number of nitriles is 1. The van der Waals surface area contributed by atoms with Crippen LogP contribution in [0, 0.1) is 11.5 Å². The van der Waals surface area contributed by atoms with Gasteiger partial charge >= 0.3 is 0 Å². The zero-order valence-corrected chi connectivity index (χ0v) is 17.1. The summed E-state index contributed by atoms with van der Waals surface area (Å²) in [4.78, 5) is 7.42. The lowest BCUT2D eigenvalue weighted by molar-refractivity contribution is 0.409. The Morgan fingerprint density at radius 3 is 2.89 bits per heavy atom. The SMILES string of the molecule is N#CN([C@H]1C[C@@H](I)[C@@H](c2nnc3cnc4[nH]ccc4n23)C1)S(=O)(=O)C1CC1. The maximum Gasteiger partial charge on any atom is 0.246 e. The van der Waals surface area contributed by atoms with Gasteiger partial charge in [0.15, 0.2) is 17.5 Å². The molecule has 3 heterocycles. The van der Waals surface area contributed by atoms with E-state index in [4.69, 9.17) is 0 Å². The van der Waals surface area contributed by atoms with E-state index in [1.54, 1.807) is 6.20 Å². The predicted octanol–water partition coefficient (Wildman–Crippen LogP) is 1.93. The van der Waals surface area contributed by atoms with Gasteiger partial charge in [-0.3, -0.25) is 4.40 Å². The third-order valence-corrected chi connectivity index (χ3v) is 9.03. The highest BCUT2D eigenvalue weighted by atomic mass is 127. The van der Waals surface area contributed by atoms with Gasteiger partial charge in [-0.2, -0.15) is 5.26 Å². The largest absolute Gasteiger partial charge is 0.345 e. The Balaban J connectivity index is 1.53. The summed E-state index contributed by atoms with van der Waals surface area (Å²) in [6.45, 7) is 0. The summed E-state index contributed by atoms with van der Waals surface area (Å²) in [7, 11) is -3.53. The van der Waals surface area contributed by atoms with Crippen molar-refractivity contribution in [3.8, 4) is 6.19 Å². The van der Waals surface area contributed by atoms with Crippen molar-refractivity contribution in [2.75, 3.05) is 0 Å². The Labute approximate surface area is 169 Å². The van der Waals surface area contributed by atoms with Gasteiger partial charge in [0.2, 0.25) is 10.0 Å². The number of alkyl halides is 1. The number of halogens is 1. The second-order valence-electron chi connectivity index (χ2n) is 7.11. The molecule has 2 aliphatic carbocycles. The fourth-order valence-corrected chi connectivity index (χ4v) is 6.89. The maximum atomic E-state index is 12.6. The van der Waals surface area contributed by atoms with Gasteiger partial charge in [0.1, 0.15) is 5.82 Å². The summed E-state index contributed by atoms with van der Waals surface area (Å²) < 4.78 is 28.4. The average Bonchev–Trinajstić information content (AvgIpc) is 3.09. The van der Waals surface area contributed by atoms with E-state index in [9.17, 15) is 13.7 Å². The van der Waals surface area contributed by atoms with Gasteiger partial charge in [-0.05, 0) is 31.7 Å². The lowest BCUT2D eigenvalue weighted by Gasteiger charge is -2.22. The Bertz CT molecular complexity index is 1180. The zero-order chi connectivity index (χ0) is 18.8. The molecule has 2 fully saturated rings. The second kappa shape index (κ2) is 6.03. The first kappa shape index (κ1) is 17.2. The molecule has 0 aliphatic heterocycles. The van der Waals surface area contributed by atoms with E-state index >= 15 is 0 Å². The van der Waals surface area contributed by atoms with Crippen molar-refractivity contribution in [3.63, 3.8) is 0 Å². The van der Waals surface area contributed by atoms with Crippen LogP contribution in [0.5, 0.6) is 0 Å². The normalized spacial score (nSPS) is 25.9. The van der Waals surface area contributed by atoms with Gasteiger partial charge in [0.05, 0.1) is 23.0 Å². The van der Waals surface area contributed by atoms with Crippen LogP contribution < -0.4 is 0 Å². The number of hydrogen-bond acceptors (Lipinski definition) is 6. The van der Waals surface area contributed by atoms with E-state index in [-0.39, 0.29) is 21.1 Å². The van der Waals surface area contributed by atoms with Crippen LogP contribution in [0.2, 0.25) is 0 Å². The molecule has 3 aromatic rings. The van der Waals surface area contributed by atoms with Crippen LogP contribution >= 0.6 is 22.6 Å². The number of rotatable bonds is 4. The summed E-state index contributed by atoms with van der Waals surface area (Å²) in [5, 5.41) is 17.8. The summed E-state index contributed by atoms with van der Waals surface area (Å²) >= 11 is 2.34. The quantitative estimate of drug-likeness (QED) is 0.255. The first-order valence-corrected chi connectivity index (χ1v) is 11.5. The molecular weight excluding hydrogens is 481 g/mol. The van der Waals surface area contributed by atoms with E-state index in [1.165, 1.54) is 0 Å². The van der Waals surface area contributed by atoms with Gasteiger partial charge in [-0.25, -0.2) is 17.7 Å². The fourth-order valence-electron chi connectivity index (χ4n) is 3.93. The van der Waals surface area contributed by atoms with Gasteiger partial charge < -0.3 is 4.98 Å². The third-order valence-electron chi connectivity index (χ3n) is 5.41. The van der Waals surface area contributed by atoms with E-state index in [0.717, 1.165) is 21.3 Å². The van der Waals surface area contributed by atoms with Gasteiger partial charge in [0.25, 0.3) is 0 Å². The van der Waals surface area contributed by atoms with Crippen LogP contribution in [0.25, 0.3) is 16.8 Å². The molecule has 0 amide bonds. The van der Waals surface area contributed by atoms with Crippen molar-refractivity contribution < 1.29 is 8.42 Å². The molecule has 0 radical (unpaired) electrons. The van der Waals surface area contributed by atoms with Crippen LogP contribution in [0.15, 0.2) is 18.5 Å². The highest BCUT2D eigenvalue weighted by Crippen LogP contribution is 2.43. The molecule has 2 saturated carbocycles. The van der Waals surface area contributed by atoms with Gasteiger partial charge in [-0.15, -0.1) is 10.2 Å².